The number of carbonyl (C=O) groups excluding carboxylic acids is 3. The van der Waals surface area contributed by atoms with Crippen molar-refractivity contribution in [1.29, 1.82) is 0 Å². The van der Waals surface area contributed by atoms with Gasteiger partial charge in [-0.25, -0.2) is 4.79 Å². The summed E-state index contributed by atoms with van der Waals surface area (Å²) >= 11 is 5.82. The summed E-state index contributed by atoms with van der Waals surface area (Å²) < 4.78 is 5.27. The quantitative estimate of drug-likeness (QED) is 0.414. The van der Waals surface area contributed by atoms with E-state index in [1.165, 1.54) is 30.3 Å². The van der Waals surface area contributed by atoms with E-state index >= 15 is 0 Å². The first kappa shape index (κ1) is 18.4. The second-order valence-corrected chi connectivity index (χ2v) is 6.13. The number of amides is 1. The molecule has 0 spiro atoms. The molecule has 0 saturated carbocycles. The molecule has 5 nitrogen and oxygen atoms in total. The minimum Gasteiger partial charge on any atom is -0.423 e. The van der Waals surface area contributed by atoms with Crippen LogP contribution in [0.2, 0.25) is 5.02 Å². The van der Waals surface area contributed by atoms with E-state index in [2.05, 4.69) is 0 Å². The summed E-state index contributed by atoms with van der Waals surface area (Å²) in [5.41, 5.74) is 6.58. The number of benzene rings is 3. The lowest BCUT2D eigenvalue weighted by molar-refractivity contribution is 0.0734. The third-order valence-electron chi connectivity index (χ3n) is 3.82. The van der Waals surface area contributed by atoms with E-state index in [1.807, 2.05) is 0 Å². The third kappa shape index (κ3) is 4.40. The number of hydrogen-bond acceptors (Lipinski definition) is 4. The Kier molecular flexibility index (Phi) is 5.33. The number of halogens is 1. The molecule has 0 heterocycles. The molecule has 3 rings (SSSR count). The van der Waals surface area contributed by atoms with Crippen LogP contribution in [0.3, 0.4) is 0 Å². The van der Waals surface area contributed by atoms with E-state index in [9.17, 15) is 14.4 Å². The average molecular weight is 380 g/mol. The van der Waals surface area contributed by atoms with Gasteiger partial charge in [-0.3, -0.25) is 9.59 Å². The van der Waals surface area contributed by atoms with Crippen molar-refractivity contribution in [3.05, 3.63) is 100 Å². The minimum absolute atomic E-state index is 0.168. The molecule has 0 radical (unpaired) electrons. The summed E-state index contributed by atoms with van der Waals surface area (Å²) in [7, 11) is 0. The molecule has 0 aromatic heterocycles. The summed E-state index contributed by atoms with van der Waals surface area (Å²) in [5, 5.41) is 0.550. The summed E-state index contributed by atoms with van der Waals surface area (Å²) in [6, 6.07) is 18.7. The Labute approximate surface area is 160 Å². The Bertz CT molecular complexity index is 1010. The van der Waals surface area contributed by atoms with Gasteiger partial charge in [-0.1, -0.05) is 17.7 Å². The van der Waals surface area contributed by atoms with E-state index in [0.29, 0.717) is 16.1 Å². The lowest BCUT2D eigenvalue weighted by Gasteiger charge is -2.06. The topological polar surface area (TPSA) is 86.5 Å². The predicted octanol–water partition coefficient (Wildman–Crippen LogP) is 3.89. The molecule has 0 aliphatic heterocycles. The maximum atomic E-state index is 12.4. The summed E-state index contributed by atoms with van der Waals surface area (Å²) in [4.78, 5) is 35.8. The molecular weight excluding hydrogens is 366 g/mol. The van der Waals surface area contributed by atoms with Crippen molar-refractivity contribution < 1.29 is 19.1 Å². The van der Waals surface area contributed by atoms with Gasteiger partial charge in [-0.15, -0.1) is 0 Å². The zero-order chi connectivity index (χ0) is 19.4. The largest absolute Gasteiger partial charge is 0.423 e. The standard InChI is InChI=1S/C21H14ClNO4/c22-17-8-4-13(5-9-17)19(24)14-6-10-18(11-7-14)27-21(26)16-3-1-2-15(12-16)20(23)25/h1-12H,(H2,23,25). The molecule has 27 heavy (non-hydrogen) atoms. The number of carbonyl (C=O) groups is 3. The molecular formula is C21H14ClNO4. The first-order chi connectivity index (χ1) is 12.9. The molecule has 3 aromatic rings. The highest BCUT2D eigenvalue weighted by molar-refractivity contribution is 6.30. The Hall–Kier alpha value is -3.44. The van der Waals surface area contributed by atoms with Gasteiger partial charge in [-0.2, -0.15) is 0 Å². The van der Waals surface area contributed by atoms with Crippen molar-refractivity contribution >= 4 is 29.3 Å². The molecule has 0 saturated heterocycles. The number of primary amides is 1. The Morgan fingerprint density at radius 2 is 1.30 bits per heavy atom. The lowest BCUT2D eigenvalue weighted by atomic mass is 10.0. The number of hydrogen-bond donors (Lipinski definition) is 1. The van der Waals surface area contributed by atoms with Gasteiger partial charge in [0.2, 0.25) is 5.91 Å². The van der Waals surface area contributed by atoms with Gasteiger partial charge in [0.1, 0.15) is 5.75 Å². The molecule has 6 heteroatoms. The number of rotatable bonds is 5. The van der Waals surface area contributed by atoms with Crippen molar-refractivity contribution in [2.24, 2.45) is 5.73 Å². The number of nitrogens with two attached hydrogens (primary N) is 1. The normalized spacial score (nSPS) is 10.3. The smallest absolute Gasteiger partial charge is 0.343 e. The number of ether oxygens (including phenoxy) is 1. The zero-order valence-corrected chi connectivity index (χ0v) is 14.8. The van der Waals surface area contributed by atoms with Crippen molar-refractivity contribution in [1.82, 2.24) is 0 Å². The fourth-order valence-corrected chi connectivity index (χ4v) is 2.53. The number of ketones is 1. The van der Waals surface area contributed by atoms with Crippen molar-refractivity contribution in [2.75, 3.05) is 0 Å². The van der Waals surface area contributed by atoms with Crippen molar-refractivity contribution in [2.45, 2.75) is 0 Å². The van der Waals surface area contributed by atoms with Crippen LogP contribution in [0.5, 0.6) is 5.75 Å². The van der Waals surface area contributed by atoms with E-state index in [4.69, 9.17) is 22.1 Å². The first-order valence-corrected chi connectivity index (χ1v) is 8.34. The van der Waals surface area contributed by atoms with Gasteiger partial charge >= 0.3 is 5.97 Å². The molecule has 3 aromatic carbocycles. The van der Waals surface area contributed by atoms with E-state index in [1.54, 1.807) is 42.5 Å². The fourth-order valence-electron chi connectivity index (χ4n) is 2.41. The second kappa shape index (κ2) is 7.85. The molecule has 1 amide bonds. The fraction of sp³-hybridized carbons (Fsp3) is 0. The number of esters is 1. The van der Waals surface area contributed by atoms with Crippen molar-refractivity contribution in [3.8, 4) is 5.75 Å². The summed E-state index contributed by atoms with van der Waals surface area (Å²) in [6.07, 6.45) is 0. The molecule has 0 fully saturated rings. The minimum atomic E-state index is -0.630. The average Bonchev–Trinajstić information content (AvgIpc) is 2.68. The van der Waals surface area contributed by atoms with E-state index in [-0.39, 0.29) is 22.7 Å². The Morgan fingerprint density at radius 3 is 1.89 bits per heavy atom. The molecule has 2 N–H and O–H groups in total. The van der Waals surface area contributed by atoms with E-state index < -0.39 is 11.9 Å². The molecule has 0 unspecified atom stereocenters. The Morgan fingerprint density at radius 1 is 0.741 bits per heavy atom. The second-order valence-electron chi connectivity index (χ2n) is 5.69. The van der Waals surface area contributed by atoms with Gasteiger partial charge in [0.05, 0.1) is 5.56 Å². The molecule has 0 bridgehead atoms. The Balaban J connectivity index is 1.73. The van der Waals surface area contributed by atoms with Crippen LogP contribution < -0.4 is 10.5 Å². The molecule has 0 aliphatic rings. The summed E-state index contributed by atoms with van der Waals surface area (Å²) in [5.74, 6) is -1.15. The van der Waals surface area contributed by atoms with Gasteiger partial charge in [-0.05, 0) is 66.7 Å². The van der Waals surface area contributed by atoms with Gasteiger partial charge in [0.25, 0.3) is 0 Å². The molecule has 0 atom stereocenters. The van der Waals surface area contributed by atoms with Crippen molar-refractivity contribution in [3.63, 3.8) is 0 Å². The monoisotopic (exact) mass is 379 g/mol. The van der Waals surface area contributed by atoms with Crippen LogP contribution in [0.15, 0.2) is 72.8 Å². The van der Waals surface area contributed by atoms with Crippen LogP contribution in [0.4, 0.5) is 0 Å². The van der Waals surface area contributed by atoms with E-state index in [0.717, 1.165) is 0 Å². The van der Waals surface area contributed by atoms with Crippen LogP contribution in [-0.2, 0) is 0 Å². The maximum absolute atomic E-state index is 12.4. The molecule has 134 valence electrons. The van der Waals surface area contributed by atoms with Crippen LogP contribution in [-0.4, -0.2) is 17.7 Å². The highest BCUT2D eigenvalue weighted by Crippen LogP contribution is 2.18. The van der Waals surface area contributed by atoms with Gasteiger partial charge < -0.3 is 10.5 Å². The summed E-state index contributed by atoms with van der Waals surface area (Å²) in [6.45, 7) is 0. The molecule has 0 aliphatic carbocycles. The lowest BCUT2D eigenvalue weighted by Crippen LogP contribution is -2.14. The van der Waals surface area contributed by atoms with Crippen LogP contribution in [0.25, 0.3) is 0 Å². The maximum Gasteiger partial charge on any atom is 0.343 e. The highest BCUT2D eigenvalue weighted by atomic mass is 35.5. The van der Waals surface area contributed by atoms with Gasteiger partial charge in [0.15, 0.2) is 5.78 Å². The SMILES string of the molecule is NC(=O)c1cccc(C(=O)Oc2ccc(C(=O)c3ccc(Cl)cc3)cc2)c1. The van der Waals surface area contributed by atoms with Crippen LogP contribution in [0, 0.1) is 0 Å². The third-order valence-corrected chi connectivity index (χ3v) is 4.07. The zero-order valence-electron chi connectivity index (χ0n) is 14.0. The predicted molar refractivity (Wildman–Crippen MR) is 101 cm³/mol. The first-order valence-electron chi connectivity index (χ1n) is 7.96. The van der Waals surface area contributed by atoms with Crippen LogP contribution in [0.1, 0.15) is 36.6 Å². The van der Waals surface area contributed by atoms with Gasteiger partial charge in [0, 0.05) is 21.7 Å². The highest BCUT2D eigenvalue weighted by Gasteiger charge is 2.13. The van der Waals surface area contributed by atoms with Crippen LogP contribution >= 0.6 is 11.6 Å².